The molecule has 0 fully saturated rings. The van der Waals surface area contributed by atoms with E-state index >= 15 is 0 Å². The Bertz CT molecular complexity index is 514. The minimum Gasteiger partial charge on any atom is -0.348 e. The van der Waals surface area contributed by atoms with Crippen molar-refractivity contribution in [2.75, 3.05) is 0 Å². The molecule has 0 aliphatic carbocycles. The van der Waals surface area contributed by atoms with Gasteiger partial charge in [-0.05, 0) is 35.4 Å². The first-order valence-corrected chi connectivity index (χ1v) is 6.17. The van der Waals surface area contributed by atoms with Gasteiger partial charge in [-0.3, -0.25) is 9.89 Å². The molecule has 0 saturated heterocycles. The van der Waals surface area contributed by atoms with Crippen LogP contribution in [0, 0.1) is 6.92 Å². The Balaban J connectivity index is 1.84. The topological polar surface area (TPSA) is 57.8 Å². The fourth-order valence-corrected chi connectivity index (χ4v) is 1.97. The highest BCUT2D eigenvalue weighted by atomic mass is 32.1. The first-order chi connectivity index (χ1) is 8.25. The Morgan fingerprint density at radius 2 is 2.53 bits per heavy atom. The predicted octanol–water partition coefficient (Wildman–Crippen LogP) is 2.11. The molecule has 0 atom stereocenters. The average Bonchev–Trinajstić information content (AvgIpc) is 2.95. The van der Waals surface area contributed by atoms with E-state index in [1.807, 2.05) is 23.8 Å². The highest BCUT2D eigenvalue weighted by Crippen LogP contribution is 2.07. The molecule has 2 aromatic heterocycles. The van der Waals surface area contributed by atoms with Crippen molar-refractivity contribution in [2.45, 2.75) is 13.5 Å². The Labute approximate surface area is 103 Å². The van der Waals surface area contributed by atoms with Gasteiger partial charge in [-0.15, -0.1) is 0 Å². The molecule has 0 aliphatic rings. The van der Waals surface area contributed by atoms with Crippen molar-refractivity contribution in [2.24, 2.45) is 0 Å². The first-order valence-electron chi connectivity index (χ1n) is 5.22. The number of carbonyl (C=O) groups is 1. The summed E-state index contributed by atoms with van der Waals surface area (Å²) in [6.07, 6.45) is 5.06. The van der Waals surface area contributed by atoms with Gasteiger partial charge in [0.25, 0.3) is 0 Å². The third-order valence-electron chi connectivity index (χ3n) is 2.36. The summed E-state index contributed by atoms with van der Waals surface area (Å²) < 4.78 is 0. The molecule has 5 heteroatoms. The Morgan fingerprint density at radius 3 is 3.18 bits per heavy atom. The van der Waals surface area contributed by atoms with Crippen LogP contribution in [0.25, 0.3) is 6.08 Å². The zero-order chi connectivity index (χ0) is 12.1. The van der Waals surface area contributed by atoms with Gasteiger partial charge in [-0.1, -0.05) is 0 Å². The van der Waals surface area contributed by atoms with E-state index in [-0.39, 0.29) is 5.91 Å². The van der Waals surface area contributed by atoms with E-state index in [0.29, 0.717) is 6.54 Å². The number of carbonyl (C=O) groups excluding carboxylic acids is 1. The molecule has 2 N–H and O–H groups in total. The molecular formula is C12H13N3OS. The Hall–Kier alpha value is -1.88. The van der Waals surface area contributed by atoms with Gasteiger partial charge in [-0.25, -0.2) is 0 Å². The number of rotatable bonds is 4. The number of aromatic amines is 1. The molecular weight excluding hydrogens is 234 g/mol. The second kappa shape index (κ2) is 5.45. The summed E-state index contributed by atoms with van der Waals surface area (Å²) in [6, 6.07) is 1.97. The van der Waals surface area contributed by atoms with Crippen LogP contribution in [0.5, 0.6) is 0 Å². The van der Waals surface area contributed by atoms with Crippen LogP contribution in [0.1, 0.15) is 16.8 Å². The van der Waals surface area contributed by atoms with E-state index in [9.17, 15) is 4.79 Å². The van der Waals surface area contributed by atoms with Crippen LogP contribution < -0.4 is 5.32 Å². The van der Waals surface area contributed by atoms with Crippen molar-refractivity contribution in [1.29, 1.82) is 0 Å². The summed E-state index contributed by atoms with van der Waals surface area (Å²) in [4.78, 5) is 11.5. The number of nitrogens with one attached hydrogen (secondary N) is 2. The number of H-pyrrole nitrogens is 1. The van der Waals surface area contributed by atoms with Gasteiger partial charge >= 0.3 is 0 Å². The van der Waals surface area contributed by atoms with E-state index in [0.717, 1.165) is 16.8 Å². The predicted molar refractivity (Wildman–Crippen MR) is 68.5 cm³/mol. The Kier molecular flexibility index (Phi) is 3.72. The summed E-state index contributed by atoms with van der Waals surface area (Å²) in [7, 11) is 0. The largest absolute Gasteiger partial charge is 0.348 e. The van der Waals surface area contributed by atoms with Crippen molar-refractivity contribution in [1.82, 2.24) is 15.5 Å². The second-order valence-electron chi connectivity index (χ2n) is 3.63. The SMILES string of the molecule is Cc1[nH]ncc1CNC(=O)/C=C/c1ccsc1. The van der Waals surface area contributed by atoms with Crippen LogP contribution in [-0.2, 0) is 11.3 Å². The lowest BCUT2D eigenvalue weighted by molar-refractivity contribution is -0.116. The average molecular weight is 247 g/mol. The van der Waals surface area contributed by atoms with Gasteiger partial charge in [0.15, 0.2) is 0 Å². The standard InChI is InChI=1S/C12H13N3OS/c1-9-11(7-14-15-9)6-13-12(16)3-2-10-4-5-17-8-10/h2-5,7-8H,6H2,1H3,(H,13,16)(H,14,15)/b3-2+. The first kappa shape index (κ1) is 11.6. The number of thiophene rings is 1. The lowest BCUT2D eigenvalue weighted by Crippen LogP contribution is -2.20. The van der Waals surface area contributed by atoms with Crippen molar-refractivity contribution in [3.63, 3.8) is 0 Å². The smallest absolute Gasteiger partial charge is 0.244 e. The van der Waals surface area contributed by atoms with Crippen molar-refractivity contribution < 1.29 is 4.79 Å². The lowest BCUT2D eigenvalue weighted by atomic mass is 10.2. The maximum absolute atomic E-state index is 11.5. The number of aromatic nitrogens is 2. The molecule has 2 aromatic rings. The van der Waals surface area contributed by atoms with Gasteiger partial charge in [0.05, 0.1) is 6.20 Å². The third-order valence-corrected chi connectivity index (χ3v) is 3.06. The Morgan fingerprint density at radius 1 is 1.65 bits per heavy atom. The van der Waals surface area contributed by atoms with Crippen LogP contribution >= 0.6 is 11.3 Å². The molecule has 17 heavy (non-hydrogen) atoms. The molecule has 88 valence electrons. The van der Waals surface area contributed by atoms with Gasteiger partial charge in [0.2, 0.25) is 5.91 Å². The number of hydrogen-bond acceptors (Lipinski definition) is 3. The highest BCUT2D eigenvalue weighted by Gasteiger charge is 2.01. The highest BCUT2D eigenvalue weighted by molar-refractivity contribution is 7.08. The quantitative estimate of drug-likeness (QED) is 0.813. The molecule has 2 rings (SSSR count). The maximum Gasteiger partial charge on any atom is 0.244 e. The zero-order valence-corrected chi connectivity index (χ0v) is 10.3. The van der Waals surface area contributed by atoms with Gasteiger partial charge in [0, 0.05) is 23.9 Å². The lowest BCUT2D eigenvalue weighted by Gasteiger charge is -2.00. The molecule has 0 bridgehead atoms. The molecule has 1 amide bonds. The number of amides is 1. The van der Waals surface area contributed by atoms with Crippen LogP contribution in [0.2, 0.25) is 0 Å². The number of hydrogen-bond donors (Lipinski definition) is 2. The molecule has 4 nitrogen and oxygen atoms in total. The summed E-state index contributed by atoms with van der Waals surface area (Å²) in [5.74, 6) is -0.100. The van der Waals surface area contributed by atoms with E-state index in [1.54, 1.807) is 23.6 Å². The van der Waals surface area contributed by atoms with Gasteiger partial charge in [0.1, 0.15) is 0 Å². The van der Waals surface area contributed by atoms with Crippen molar-refractivity contribution in [3.8, 4) is 0 Å². The van der Waals surface area contributed by atoms with Crippen LogP contribution in [0.3, 0.4) is 0 Å². The summed E-state index contributed by atoms with van der Waals surface area (Å²) in [5.41, 5.74) is 3.03. The summed E-state index contributed by atoms with van der Waals surface area (Å²) >= 11 is 1.61. The molecule has 2 heterocycles. The van der Waals surface area contributed by atoms with E-state index in [2.05, 4.69) is 15.5 Å². The van der Waals surface area contributed by atoms with Gasteiger partial charge < -0.3 is 5.32 Å². The van der Waals surface area contributed by atoms with E-state index < -0.39 is 0 Å². The molecule has 0 aromatic carbocycles. The van der Waals surface area contributed by atoms with Crippen LogP contribution in [-0.4, -0.2) is 16.1 Å². The van der Waals surface area contributed by atoms with E-state index in [4.69, 9.17) is 0 Å². The molecule has 0 spiro atoms. The maximum atomic E-state index is 11.5. The fourth-order valence-electron chi connectivity index (χ4n) is 1.34. The van der Waals surface area contributed by atoms with Gasteiger partial charge in [-0.2, -0.15) is 16.4 Å². The zero-order valence-electron chi connectivity index (χ0n) is 9.43. The minimum atomic E-state index is -0.100. The summed E-state index contributed by atoms with van der Waals surface area (Å²) in [5, 5.41) is 13.5. The molecule has 0 aliphatic heterocycles. The second-order valence-corrected chi connectivity index (χ2v) is 4.41. The number of aryl methyl sites for hydroxylation is 1. The normalized spacial score (nSPS) is 10.9. The van der Waals surface area contributed by atoms with Crippen LogP contribution in [0.4, 0.5) is 0 Å². The monoisotopic (exact) mass is 247 g/mol. The van der Waals surface area contributed by atoms with Crippen LogP contribution in [0.15, 0.2) is 29.1 Å². The van der Waals surface area contributed by atoms with Crippen molar-refractivity contribution >= 4 is 23.3 Å². The molecule has 0 unspecified atom stereocenters. The molecule has 0 radical (unpaired) electrons. The third kappa shape index (κ3) is 3.29. The minimum absolute atomic E-state index is 0.100. The van der Waals surface area contributed by atoms with E-state index in [1.165, 1.54) is 6.08 Å². The fraction of sp³-hybridized carbons (Fsp3) is 0.167. The number of nitrogens with zero attached hydrogens (tertiary/aromatic N) is 1. The van der Waals surface area contributed by atoms with Crippen molar-refractivity contribution in [3.05, 3.63) is 45.9 Å². The summed E-state index contributed by atoms with van der Waals surface area (Å²) in [6.45, 7) is 2.42. The molecule has 0 saturated carbocycles.